The van der Waals surface area contributed by atoms with Crippen molar-refractivity contribution in [2.45, 2.75) is 52.5 Å². The predicted octanol–water partition coefficient (Wildman–Crippen LogP) is 4.47. The third-order valence-electron chi connectivity index (χ3n) is 2.90. The minimum Gasteiger partial charge on any atom is -0.494 e. The number of benzene rings is 1. The Bertz CT molecular complexity index is 294. The van der Waals surface area contributed by atoms with E-state index in [4.69, 9.17) is 4.74 Å². The van der Waals surface area contributed by atoms with Crippen molar-refractivity contribution >= 4 is 5.69 Å². The molecule has 1 atom stereocenters. The van der Waals surface area contributed by atoms with Gasteiger partial charge in [0.2, 0.25) is 0 Å². The Labute approximate surface area is 105 Å². The normalized spacial score (nSPS) is 12.2. The summed E-state index contributed by atoms with van der Waals surface area (Å²) >= 11 is 0. The lowest BCUT2D eigenvalue weighted by Gasteiger charge is -2.13. The average Bonchev–Trinajstić information content (AvgIpc) is 2.36. The molecule has 0 heterocycles. The summed E-state index contributed by atoms with van der Waals surface area (Å²) in [6.45, 7) is 7.40. The Kier molecular flexibility index (Phi) is 6.53. The number of nitrogens with one attached hydrogen (secondary N) is 1. The van der Waals surface area contributed by atoms with Gasteiger partial charge in [0, 0.05) is 11.7 Å². The van der Waals surface area contributed by atoms with Gasteiger partial charge >= 0.3 is 0 Å². The highest BCUT2D eigenvalue weighted by Crippen LogP contribution is 2.17. The minimum absolute atomic E-state index is 0.520. The summed E-state index contributed by atoms with van der Waals surface area (Å²) in [5.74, 6) is 0.968. The molecule has 2 nitrogen and oxygen atoms in total. The Morgan fingerprint density at radius 3 is 2.41 bits per heavy atom. The van der Waals surface area contributed by atoms with E-state index in [0.717, 1.165) is 25.2 Å². The quantitative estimate of drug-likeness (QED) is 0.671. The topological polar surface area (TPSA) is 21.3 Å². The first-order chi connectivity index (χ1) is 8.26. The van der Waals surface area contributed by atoms with E-state index in [9.17, 15) is 0 Å². The largest absolute Gasteiger partial charge is 0.494 e. The molecule has 1 rings (SSSR count). The molecule has 0 aliphatic heterocycles. The van der Waals surface area contributed by atoms with Crippen LogP contribution in [0.25, 0.3) is 0 Å². The molecule has 0 bridgehead atoms. The molecule has 17 heavy (non-hydrogen) atoms. The highest BCUT2D eigenvalue weighted by Gasteiger charge is 1.99. The van der Waals surface area contributed by atoms with Crippen molar-refractivity contribution in [2.75, 3.05) is 11.9 Å². The molecule has 0 radical (unpaired) electrons. The van der Waals surface area contributed by atoms with E-state index in [1.165, 1.54) is 18.5 Å². The molecule has 1 unspecified atom stereocenters. The fourth-order valence-corrected chi connectivity index (χ4v) is 1.58. The van der Waals surface area contributed by atoms with Crippen LogP contribution in [0.2, 0.25) is 0 Å². The van der Waals surface area contributed by atoms with E-state index < -0.39 is 0 Å². The van der Waals surface area contributed by atoms with Gasteiger partial charge in [0.25, 0.3) is 0 Å². The van der Waals surface area contributed by atoms with Gasteiger partial charge in [0.05, 0.1) is 6.61 Å². The summed E-state index contributed by atoms with van der Waals surface area (Å²) in [6, 6.07) is 8.77. The van der Waals surface area contributed by atoms with Gasteiger partial charge < -0.3 is 10.1 Å². The molecule has 96 valence electrons. The van der Waals surface area contributed by atoms with E-state index in [2.05, 4.69) is 38.2 Å². The van der Waals surface area contributed by atoms with Crippen LogP contribution in [0.4, 0.5) is 5.69 Å². The fourth-order valence-electron chi connectivity index (χ4n) is 1.58. The molecule has 0 saturated carbocycles. The third kappa shape index (κ3) is 5.62. The number of anilines is 1. The lowest BCUT2D eigenvalue weighted by atomic mass is 10.2. The molecular weight excluding hydrogens is 210 g/mol. The zero-order valence-electron chi connectivity index (χ0n) is 11.3. The molecule has 0 aliphatic rings. The molecule has 0 fully saturated rings. The second-order valence-electron chi connectivity index (χ2n) is 4.53. The standard InChI is InChI=1S/C15H25NO/c1-4-6-7-12-17-15-10-8-14(9-11-15)16-13(3)5-2/h8-11,13,16H,4-7,12H2,1-3H3. The van der Waals surface area contributed by atoms with Crippen LogP contribution in [0.3, 0.4) is 0 Å². The Balaban J connectivity index is 2.34. The zero-order valence-corrected chi connectivity index (χ0v) is 11.3. The van der Waals surface area contributed by atoms with Gasteiger partial charge in [-0.15, -0.1) is 0 Å². The second kappa shape index (κ2) is 7.99. The molecule has 1 N–H and O–H groups in total. The van der Waals surface area contributed by atoms with Gasteiger partial charge in [-0.25, -0.2) is 0 Å². The van der Waals surface area contributed by atoms with Gasteiger partial charge in [0.15, 0.2) is 0 Å². The van der Waals surface area contributed by atoms with E-state index >= 15 is 0 Å². The molecule has 1 aromatic rings. The van der Waals surface area contributed by atoms with Crippen molar-refractivity contribution in [1.29, 1.82) is 0 Å². The fraction of sp³-hybridized carbons (Fsp3) is 0.600. The highest BCUT2D eigenvalue weighted by molar-refractivity contribution is 5.46. The summed E-state index contributed by atoms with van der Waals surface area (Å²) in [5, 5.41) is 3.44. The van der Waals surface area contributed by atoms with E-state index in [1.54, 1.807) is 0 Å². The van der Waals surface area contributed by atoms with Crippen LogP contribution in [0.1, 0.15) is 46.5 Å². The summed E-state index contributed by atoms with van der Waals surface area (Å²) < 4.78 is 5.67. The number of unbranched alkanes of at least 4 members (excludes halogenated alkanes) is 2. The van der Waals surface area contributed by atoms with Gasteiger partial charge in [-0.3, -0.25) is 0 Å². The van der Waals surface area contributed by atoms with E-state index in [-0.39, 0.29) is 0 Å². The summed E-state index contributed by atoms with van der Waals surface area (Å²) in [5.41, 5.74) is 1.17. The maximum absolute atomic E-state index is 5.67. The molecule has 0 aliphatic carbocycles. The van der Waals surface area contributed by atoms with Crippen LogP contribution in [-0.2, 0) is 0 Å². The van der Waals surface area contributed by atoms with Crippen LogP contribution in [0.15, 0.2) is 24.3 Å². The summed E-state index contributed by atoms with van der Waals surface area (Å²) in [7, 11) is 0. The number of hydrogen-bond acceptors (Lipinski definition) is 2. The van der Waals surface area contributed by atoms with Crippen molar-refractivity contribution in [1.82, 2.24) is 0 Å². The maximum atomic E-state index is 5.67. The summed E-state index contributed by atoms with van der Waals surface area (Å²) in [6.07, 6.45) is 4.76. The van der Waals surface area contributed by atoms with Gasteiger partial charge in [0.1, 0.15) is 5.75 Å². The highest BCUT2D eigenvalue weighted by atomic mass is 16.5. The van der Waals surface area contributed by atoms with Crippen molar-refractivity contribution in [3.8, 4) is 5.75 Å². The molecule has 0 saturated heterocycles. The number of ether oxygens (including phenoxy) is 1. The lowest BCUT2D eigenvalue weighted by molar-refractivity contribution is 0.306. The lowest BCUT2D eigenvalue weighted by Crippen LogP contribution is -2.13. The average molecular weight is 235 g/mol. The minimum atomic E-state index is 0.520. The second-order valence-corrected chi connectivity index (χ2v) is 4.53. The van der Waals surface area contributed by atoms with Crippen molar-refractivity contribution in [3.63, 3.8) is 0 Å². The van der Waals surface area contributed by atoms with Gasteiger partial charge in [-0.1, -0.05) is 26.7 Å². The molecule has 0 aromatic heterocycles. The SMILES string of the molecule is CCCCCOc1ccc(NC(C)CC)cc1. The van der Waals surface area contributed by atoms with Crippen molar-refractivity contribution in [2.24, 2.45) is 0 Å². The monoisotopic (exact) mass is 235 g/mol. The summed E-state index contributed by atoms with van der Waals surface area (Å²) in [4.78, 5) is 0. The first-order valence-corrected chi connectivity index (χ1v) is 6.75. The Hall–Kier alpha value is -1.18. The smallest absolute Gasteiger partial charge is 0.119 e. The van der Waals surface area contributed by atoms with Crippen LogP contribution in [-0.4, -0.2) is 12.6 Å². The number of rotatable bonds is 8. The number of hydrogen-bond donors (Lipinski definition) is 1. The van der Waals surface area contributed by atoms with Crippen LogP contribution < -0.4 is 10.1 Å². The van der Waals surface area contributed by atoms with Crippen LogP contribution in [0.5, 0.6) is 5.75 Å². The van der Waals surface area contributed by atoms with Crippen LogP contribution >= 0.6 is 0 Å². The van der Waals surface area contributed by atoms with Gasteiger partial charge in [-0.2, -0.15) is 0 Å². The predicted molar refractivity (Wildman–Crippen MR) is 74.8 cm³/mol. The molecule has 1 aromatic carbocycles. The van der Waals surface area contributed by atoms with E-state index in [1.807, 2.05) is 12.1 Å². The third-order valence-corrected chi connectivity index (χ3v) is 2.90. The maximum Gasteiger partial charge on any atom is 0.119 e. The van der Waals surface area contributed by atoms with Crippen molar-refractivity contribution < 1.29 is 4.74 Å². The molecule has 0 amide bonds. The zero-order chi connectivity index (χ0) is 12.5. The Morgan fingerprint density at radius 1 is 1.12 bits per heavy atom. The van der Waals surface area contributed by atoms with Crippen LogP contribution in [0, 0.1) is 0 Å². The molecule has 0 spiro atoms. The first kappa shape index (κ1) is 13.9. The molecular formula is C15H25NO. The van der Waals surface area contributed by atoms with E-state index in [0.29, 0.717) is 6.04 Å². The first-order valence-electron chi connectivity index (χ1n) is 6.75. The Morgan fingerprint density at radius 2 is 1.82 bits per heavy atom. The molecule has 2 heteroatoms. The van der Waals surface area contributed by atoms with Gasteiger partial charge in [-0.05, 0) is 44.0 Å². The van der Waals surface area contributed by atoms with Crippen molar-refractivity contribution in [3.05, 3.63) is 24.3 Å².